The van der Waals surface area contributed by atoms with Crippen LogP contribution in [0.1, 0.15) is 16.1 Å². The molecular weight excluding hydrogens is 257 g/mol. The normalized spacial score (nSPS) is 10.2. The zero-order chi connectivity index (χ0) is 13.1. The van der Waals surface area contributed by atoms with Crippen LogP contribution in [-0.4, -0.2) is 15.9 Å². The first-order valence-corrected chi connectivity index (χ1v) is 5.50. The first-order valence-electron chi connectivity index (χ1n) is 5.12. The van der Waals surface area contributed by atoms with Crippen LogP contribution >= 0.6 is 11.6 Å². The van der Waals surface area contributed by atoms with Crippen LogP contribution in [-0.2, 0) is 0 Å². The fourth-order valence-electron chi connectivity index (χ4n) is 1.38. The smallest absolute Gasteiger partial charge is 0.275 e. The van der Waals surface area contributed by atoms with Gasteiger partial charge in [0, 0.05) is 11.3 Å². The summed E-state index contributed by atoms with van der Waals surface area (Å²) in [6.07, 6.45) is 2.61. The number of amides is 1. The third-order valence-electron chi connectivity index (χ3n) is 2.35. The van der Waals surface area contributed by atoms with E-state index in [1.165, 1.54) is 24.5 Å². The Kier molecular flexibility index (Phi) is 3.53. The Bertz CT molecular complexity index is 604. The molecule has 0 aliphatic carbocycles. The maximum atomic E-state index is 13.3. The third kappa shape index (κ3) is 2.62. The lowest BCUT2D eigenvalue weighted by Gasteiger charge is -2.08. The number of nitrogens with one attached hydrogen (secondary N) is 1. The number of hydrogen-bond acceptors (Lipinski definition) is 3. The molecule has 1 amide bonds. The van der Waals surface area contributed by atoms with Crippen molar-refractivity contribution in [3.05, 3.63) is 52.8 Å². The molecule has 0 aliphatic rings. The Labute approximate surface area is 108 Å². The average molecular weight is 266 g/mol. The summed E-state index contributed by atoms with van der Waals surface area (Å²) >= 11 is 5.63. The van der Waals surface area contributed by atoms with E-state index in [2.05, 4.69) is 15.3 Å². The van der Waals surface area contributed by atoms with Crippen molar-refractivity contribution < 1.29 is 9.18 Å². The van der Waals surface area contributed by atoms with Crippen molar-refractivity contribution in [1.29, 1.82) is 0 Å². The number of anilines is 1. The maximum absolute atomic E-state index is 13.3. The number of carbonyl (C=O) groups excluding carboxylic acids is 1. The molecule has 4 nitrogen and oxygen atoms in total. The van der Waals surface area contributed by atoms with E-state index in [4.69, 9.17) is 11.6 Å². The van der Waals surface area contributed by atoms with E-state index in [1.807, 2.05) is 0 Å². The summed E-state index contributed by atoms with van der Waals surface area (Å²) < 4.78 is 13.3. The minimum absolute atomic E-state index is 0.0751. The predicted molar refractivity (Wildman–Crippen MR) is 66.1 cm³/mol. The molecule has 0 bridgehead atoms. The van der Waals surface area contributed by atoms with Crippen molar-refractivity contribution in [2.24, 2.45) is 0 Å². The number of carbonyl (C=O) groups is 1. The van der Waals surface area contributed by atoms with Crippen molar-refractivity contribution in [2.75, 3.05) is 5.32 Å². The van der Waals surface area contributed by atoms with Gasteiger partial charge < -0.3 is 5.32 Å². The molecule has 1 heterocycles. The SMILES string of the molecule is Cc1c(F)cccc1NC(=O)c1cncc(Cl)n1. The second-order valence-electron chi connectivity index (χ2n) is 3.59. The molecule has 1 N–H and O–H groups in total. The zero-order valence-electron chi connectivity index (χ0n) is 9.45. The summed E-state index contributed by atoms with van der Waals surface area (Å²) in [4.78, 5) is 19.4. The number of halogens is 2. The van der Waals surface area contributed by atoms with Gasteiger partial charge in [-0.3, -0.25) is 9.78 Å². The molecule has 0 atom stereocenters. The summed E-state index contributed by atoms with van der Waals surface area (Å²) in [5.41, 5.74) is 0.828. The Morgan fingerprint density at radius 3 is 2.89 bits per heavy atom. The molecule has 2 aromatic rings. The van der Waals surface area contributed by atoms with Crippen LogP contribution in [0.3, 0.4) is 0 Å². The second kappa shape index (κ2) is 5.10. The van der Waals surface area contributed by atoms with Gasteiger partial charge in [-0.05, 0) is 19.1 Å². The molecule has 0 fully saturated rings. The molecule has 1 aromatic heterocycles. The lowest BCUT2D eigenvalue weighted by atomic mass is 10.2. The fraction of sp³-hybridized carbons (Fsp3) is 0.0833. The number of benzene rings is 1. The maximum Gasteiger partial charge on any atom is 0.275 e. The molecule has 0 aliphatic heterocycles. The Morgan fingerprint density at radius 1 is 1.39 bits per heavy atom. The Balaban J connectivity index is 2.24. The lowest BCUT2D eigenvalue weighted by molar-refractivity contribution is 0.102. The number of aromatic nitrogens is 2. The van der Waals surface area contributed by atoms with Crippen LogP contribution in [0.5, 0.6) is 0 Å². The van der Waals surface area contributed by atoms with Crippen molar-refractivity contribution in [1.82, 2.24) is 9.97 Å². The van der Waals surface area contributed by atoms with E-state index in [9.17, 15) is 9.18 Å². The van der Waals surface area contributed by atoms with Crippen molar-refractivity contribution >= 4 is 23.2 Å². The molecule has 1 aromatic carbocycles. The third-order valence-corrected chi connectivity index (χ3v) is 2.54. The minimum Gasteiger partial charge on any atom is -0.320 e. The molecular formula is C12H9ClFN3O. The van der Waals surface area contributed by atoms with Crippen LogP contribution in [0, 0.1) is 12.7 Å². The van der Waals surface area contributed by atoms with Gasteiger partial charge >= 0.3 is 0 Å². The summed E-state index contributed by atoms with van der Waals surface area (Å²) in [7, 11) is 0. The monoisotopic (exact) mass is 265 g/mol. The molecule has 18 heavy (non-hydrogen) atoms. The van der Waals surface area contributed by atoms with E-state index in [0.29, 0.717) is 11.3 Å². The fourth-order valence-corrected chi connectivity index (χ4v) is 1.53. The largest absolute Gasteiger partial charge is 0.320 e. The first-order chi connectivity index (χ1) is 8.58. The van der Waals surface area contributed by atoms with Crippen molar-refractivity contribution in [3.8, 4) is 0 Å². The van der Waals surface area contributed by atoms with Gasteiger partial charge in [-0.1, -0.05) is 17.7 Å². The average Bonchev–Trinajstić information content (AvgIpc) is 2.35. The highest BCUT2D eigenvalue weighted by Gasteiger charge is 2.11. The van der Waals surface area contributed by atoms with E-state index in [-0.39, 0.29) is 16.7 Å². The Hall–Kier alpha value is -2.01. The summed E-state index contributed by atoms with van der Waals surface area (Å²) in [5.74, 6) is -0.872. The quantitative estimate of drug-likeness (QED) is 0.908. The summed E-state index contributed by atoms with van der Waals surface area (Å²) in [6, 6.07) is 4.44. The standard InChI is InChI=1S/C12H9ClFN3O/c1-7-8(14)3-2-4-9(7)17-12(18)10-5-15-6-11(13)16-10/h2-6H,1H3,(H,17,18). The number of nitrogens with zero attached hydrogens (tertiary/aromatic N) is 2. The van der Waals surface area contributed by atoms with Gasteiger partial charge in [0.25, 0.3) is 5.91 Å². The van der Waals surface area contributed by atoms with Crippen LogP contribution in [0.15, 0.2) is 30.6 Å². The van der Waals surface area contributed by atoms with Gasteiger partial charge in [-0.15, -0.1) is 0 Å². The topological polar surface area (TPSA) is 54.9 Å². The first kappa shape index (κ1) is 12.4. The van der Waals surface area contributed by atoms with Gasteiger partial charge in [0.1, 0.15) is 16.7 Å². The van der Waals surface area contributed by atoms with E-state index < -0.39 is 5.91 Å². The summed E-state index contributed by atoms with van der Waals surface area (Å²) in [5, 5.41) is 2.68. The van der Waals surface area contributed by atoms with Gasteiger partial charge in [0.05, 0.1) is 12.4 Å². The predicted octanol–water partition coefficient (Wildman–Crippen LogP) is 2.83. The van der Waals surface area contributed by atoms with Crippen molar-refractivity contribution in [2.45, 2.75) is 6.92 Å². The zero-order valence-corrected chi connectivity index (χ0v) is 10.2. The number of rotatable bonds is 2. The summed E-state index contributed by atoms with van der Waals surface area (Å²) in [6.45, 7) is 1.58. The molecule has 0 radical (unpaired) electrons. The van der Waals surface area contributed by atoms with Crippen molar-refractivity contribution in [3.63, 3.8) is 0 Å². The van der Waals surface area contributed by atoms with Gasteiger partial charge in [-0.25, -0.2) is 9.37 Å². The molecule has 6 heteroatoms. The molecule has 0 spiro atoms. The lowest BCUT2D eigenvalue weighted by Crippen LogP contribution is -2.15. The van der Waals surface area contributed by atoms with Gasteiger partial charge in [0.2, 0.25) is 0 Å². The van der Waals surface area contributed by atoms with Crippen LogP contribution in [0.25, 0.3) is 0 Å². The molecule has 0 unspecified atom stereocenters. The highest BCUT2D eigenvalue weighted by molar-refractivity contribution is 6.29. The molecule has 0 saturated heterocycles. The van der Waals surface area contributed by atoms with Crippen LogP contribution in [0.2, 0.25) is 5.15 Å². The van der Waals surface area contributed by atoms with E-state index in [1.54, 1.807) is 13.0 Å². The minimum atomic E-state index is -0.487. The van der Waals surface area contributed by atoms with E-state index >= 15 is 0 Å². The van der Waals surface area contributed by atoms with Gasteiger partial charge in [-0.2, -0.15) is 0 Å². The molecule has 92 valence electrons. The Morgan fingerprint density at radius 2 is 2.17 bits per heavy atom. The van der Waals surface area contributed by atoms with Crippen LogP contribution < -0.4 is 5.32 Å². The highest BCUT2D eigenvalue weighted by atomic mass is 35.5. The van der Waals surface area contributed by atoms with Crippen LogP contribution in [0.4, 0.5) is 10.1 Å². The van der Waals surface area contributed by atoms with Gasteiger partial charge in [0.15, 0.2) is 0 Å². The number of hydrogen-bond donors (Lipinski definition) is 1. The molecule has 2 rings (SSSR count). The molecule has 0 saturated carbocycles. The highest BCUT2D eigenvalue weighted by Crippen LogP contribution is 2.18. The van der Waals surface area contributed by atoms with E-state index in [0.717, 1.165) is 0 Å². The second-order valence-corrected chi connectivity index (χ2v) is 3.98.